The molecule has 0 saturated heterocycles. The molecule has 0 aliphatic heterocycles. The summed E-state index contributed by atoms with van der Waals surface area (Å²) in [5.41, 5.74) is 4.06. The highest BCUT2D eigenvalue weighted by Gasteiger charge is 2.15. The Kier molecular flexibility index (Phi) is 4.75. The van der Waals surface area contributed by atoms with Gasteiger partial charge in [-0.2, -0.15) is 16.6 Å². The van der Waals surface area contributed by atoms with E-state index in [1.807, 2.05) is 28.9 Å². The summed E-state index contributed by atoms with van der Waals surface area (Å²) in [5.74, 6) is 0. The lowest BCUT2D eigenvalue weighted by Crippen LogP contribution is -2.34. The third-order valence-corrected chi connectivity index (χ3v) is 4.95. The Labute approximate surface area is 140 Å². The third kappa shape index (κ3) is 3.44. The van der Waals surface area contributed by atoms with Crippen molar-refractivity contribution in [2.45, 2.75) is 32.9 Å². The molecule has 0 aliphatic rings. The van der Waals surface area contributed by atoms with E-state index in [-0.39, 0.29) is 0 Å². The average molecular weight is 324 g/mol. The number of hydrogen-bond donors (Lipinski definition) is 0. The summed E-state index contributed by atoms with van der Waals surface area (Å²) in [7, 11) is 0. The molecule has 3 aromatic heterocycles. The van der Waals surface area contributed by atoms with Gasteiger partial charge in [0.15, 0.2) is 0 Å². The fourth-order valence-corrected chi connectivity index (χ4v) is 3.56. The molecule has 5 heteroatoms. The van der Waals surface area contributed by atoms with Crippen LogP contribution in [0.4, 0.5) is 0 Å². The summed E-state index contributed by atoms with van der Waals surface area (Å²) in [6.07, 6.45) is 4.84. The number of thiophene rings is 1. The maximum absolute atomic E-state index is 9.09. The quantitative estimate of drug-likeness (QED) is 0.694. The van der Waals surface area contributed by atoms with Gasteiger partial charge >= 0.3 is 0 Å². The van der Waals surface area contributed by atoms with Gasteiger partial charge in [-0.15, -0.1) is 0 Å². The Morgan fingerprint density at radius 3 is 2.96 bits per heavy atom. The van der Waals surface area contributed by atoms with Crippen molar-refractivity contribution >= 4 is 17.0 Å². The second-order valence-corrected chi connectivity index (χ2v) is 6.54. The molecule has 1 atom stereocenters. The maximum atomic E-state index is 9.09. The van der Waals surface area contributed by atoms with Crippen LogP contribution in [0.1, 0.15) is 30.7 Å². The monoisotopic (exact) mass is 324 g/mol. The molecule has 4 nitrogen and oxygen atoms in total. The minimum atomic E-state index is 0.458. The zero-order valence-corrected chi connectivity index (χ0v) is 14.3. The average Bonchev–Trinajstić information content (AvgIpc) is 3.21. The van der Waals surface area contributed by atoms with E-state index >= 15 is 0 Å². The van der Waals surface area contributed by atoms with Crippen LogP contribution in [0, 0.1) is 11.3 Å². The first-order valence-corrected chi connectivity index (χ1v) is 8.76. The second kappa shape index (κ2) is 6.95. The fraction of sp³-hybridized carbons (Fsp3) is 0.333. The Balaban J connectivity index is 1.80. The predicted molar refractivity (Wildman–Crippen MR) is 93.5 cm³/mol. The van der Waals surface area contributed by atoms with Crippen LogP contribution in [-0.4, -0.2) is 26.9 Å². The van der Waals surface area contributed by atoms with E-state index < -0.39 is 0 Å². The summed E-state index contributed by atoms with van der Waals surface area (Å²) < 4.78 is 2.03. The van der Waals surface area contributed by atoms with Gasteiger partial charge in [-0.1, -0.05) is 6.92 Å². The molecule has 0 radical (unpaired) electrons. The molecule has 3 aromatic rings. The van der Waals surface area contributed by atoms with Gasteiger partial charge in [0.2, 0.25) is 0 Å². The number of likely N-dealkylation sites (N-methyl/N-ethyl adjacent to an activating group) is 1. The molecule has 0 spiro atoms. The molecule has 0 bridgehead atoms. The lowest BCUT2D eigenvalue weighted by molar-refractivity contribution is 0.207. The molecule has 0 saturated carbocycles. The summed E-state index contributed by atoms with van der Waals surface area (Å²) in [6.45, 7) is 6.27. The highest BCUT2D eigenvalue weighted by Crippen LogP contribution is 2.16. The van der Waals surface area contributed by atoms with Gasteiger partial charge in [-0.25, -0.2) is 4.98 Å². The minimum absolute atomic E-state index is 0.458. The van der Waals surface area contributed by atoms with Crippen LogP contribution in [0.25, 0.3) is 5.65 Å². The standard InChI is InChI=1S/C18H20N4S/c1-3-21(14(2)8-15-6-7-23-13-15)12-17-10-20-18-5-4-16(9-19)11-22(17)18/h4-7,10-11,13-14H,3,8,12H2,1-2H3. The lowest BCUT2D eigenvalue weighted by atomic mass is 10.1. The van der Waals surface area contributed by atoms with Crippen LogP contribution in [0.5, 0.6) is 0 Å². The molecule has 3 heterocycles. The highest BCUT2D eigenvalue weighted by atomic mass is 32.1. The summed E-state index contributed by atoms with van der Waals surface area (Å²) in [4.78, 5) is 6.89. The van der Waals surface area contributed by atoms with Crippen LogP contribution in [0.3, 0.4) is 0 Å². The fourth-order valence-electron chi connectivity index (χ4n) is 2.88. The Hall–Kier alpha value is -2.16. The van der Waals surface area contributed by atoms with Crippen molar-refractivity contribution in [1.82, 2.24) is 14.3 Å². The van der Waals surface area contributed by atoms with Gasteiger partial charge in [0.1, 0.15) is 11.7 Å². The topological polar surface area (TPSA) is 44.3 Å². The summed E-state index contributed by atoms with van der Waals surface area (Å²) in [6, 6.07) is 8.55. The largest absolute Gasteiger partial charge is 0.301 e. The molecule has 23 heavy (non-hydrogen) atoms. The SMILES string of the molecule is CCN(Cc1cnc2ccc(C#N)cn12)C(C)Cc1ccsc1. The number of fused-ring (bicyclic) bond motifs is 1. The molecule has 118 valence electrons. The molecular formula is C18H20N4S. The Bertz CT molecular complexity index is 813. The van der Waals surface area contributed by atoms with E-state index in [0.29, 0.717) is 11.6 Å². The first-order chi connectivity index (χ1) is 11.2. The molecule has 0 amide bonds. The van der Waals surface area contributed by atoms with Crippen molar-refractivity contribution in [1.29, 1.82) is 5.26 Å². The van der Waals surface area contributed by atoms with Gasteiger partial charge in [-0.3, -0.25) is 4.90 Å². The zero-order valence-electron chi connectivity index (χ0n) is 13.4. The van der Waals surface area contributed by atoms with Crippen molar-refractivity contribution < 1.29 is 0 Å². The Morgan fingerprint density at radius 2 is 2.26 bits per heavy atom. The van der Waals surface area contributed by atoms with Crippen molar-refractivity contribution in [2.75, 3.05) is 6.54 Å². The van der Waals surface area contributed by atoms with E-state index in [0.717, 1.165) is 30.9 Å². The zero-order chi connectivity index (χ0) is 16.2. The van der Waals surface area contributed by atoms with E-state index in [4.69, 9.17) is 5.26 Å². The molecular weight excluding hydrogens is 304 g/mol. The van der Waals surface area contributed by atoms with E-state index in [1.165, 1.54) is 5.56 Å². The van der Waals surface area contributed by atoms with E-state index in [2.05, 4.69) is 46.6 Å². The van der Waals surface area contributed by atoms with Crippen LogP contribution in [0.2, 0.25) is 0 Å². The van der Waals surface area contributed by atoms with Gasteiger partial charge in [0.25, 0.3) is 0 Å². The molecule has 0 aliphatic carbocycles. The van der Waals surface area contributed by atoms with Gasteiger partial charge < -0.3 is 4.40 Å². The van der Waals surface area contributed by atoms with E-state index in [9.17, 15) is 0 Å². The van der Waals surface area contributed by atoms with Crippen LogP contribution in [0.15, 0.2) is 41.4 Å². The second-order valence-electron chi connectivity index (χ2n) is 5.76. The van der Waals surface area contributed by atoms with Crippen molar-refractivity contribution in [3.05, 3.63) is 58.2 Å². The third-order valence-electron chi connectivity index (χ3n) is 4.22. The van der Waals surface area contributed by atoms with Crippen molar-refractivity contribution in [2.24, 2.45) is 0 Å². The van der Waals surface area contributed by atoms with Crippen molar-refractivity contribution in [3.63, 3.8) is 0 Å². The molecule has 0 N–H and O–H groups in total. The van der Waals surface area contributed by atoms with Crippen LogP contribution < -0.4 is 0 Å². The smallest absolute Gasteiger partial charge is 0.137 e. The number of pyridine rings is 1. The molecule has 0 aromatic carbocycles. The molecule has 0 fully saturated rings. The van der Waals surface area contributed by atoms with Crippen LogP contribution in [-0.2, 0) is 13.0 Å². The minimum Gasteiger partial charge on any atom is -0.301 e. The Morgan fingerprint density at radius 1 is 1.39 bits per heavy atom. The van der Waals surface area contributed by atoms with Gasteiger partial charge in [0.05, 0.1) is 17.5 Å². The first-order valence-electron chi connectivity index (χ1n) is 7.82. The van der Waals surface area contributed by atoms with Gasteiger partial charge in [-0.05, 0) is 54.4 Å². The number of nitriles is 1. The number of hydrogen-bond acceptors (Lipinski definition) is 4. The number of imidazole rings is 1. The van der Waals surface area contributed by atoms with Gasteiger partial charge in [0, 0.05) is 18.8 Å². The first kappa shape index (κ1) is 15.7. The number of nitrogens with zero attached hydrogens (tertiary/aromatic N) is 4. The predicted octanol–water partition coefficient (Wildman–Crippen LogP) is 3.72. The molecule has 1 unspecified atom stereocenters. The normalized spacial score (nSPS) is 12.6. The maximum Gasteiger partial charge on any atom is 0.137 e. The molecule has 3 rings (SSSR count). The van der Waals surface area contributed by atoms with Crippen molar-refractivity contribution in [3.8, 4) is 6.07 Å². The number of aromatic nitrogens is 2. The summed E-state index contributed by atoms with van der Waals surface area (Å²) >= 11 is 1.75. The number of rotatable bonds is 6. The van der Waals surface area contributed by atoms with E-state index in [1.54, 1.807) is 11.3 Å². The highest BCUT2D eigenvalue weighted by molar-refractivity contribution is 7.07. The lowest BCUT2D eigenvalue weighted by Gasteiger charge is -2.27. The summed E-state index contributed by atoms with van der Waals surface area (Å²) in [5, 5.41) is 13.4. The van der Waals surface area contributed by atoms with Crippen LogP contribution >= 0.6 is 11.3 Å².